The molecule has 0 radical (unpaired) electrons. The normalized spacial score (nSPS) is 21.2. The topological polar surface area (TPSA) is 81.2 Å². The van der Waals surface area contributed by atoms with E-state index >= 15 is 0 Å². The number of amides is 2. The zero-order valence-corrected chi connectivity index (χ0v) is 16.9. The number of hydrogen-bond donors (Lipinski definition) is 1. The number of rotatable bonds is 5. The van der Waals surface area contributed by atoms with Crippen LogP contribution >= 0.6 is 0 Å². The molecular weight excluding hydrogens is 358 g/mol. The number of nitrogens with zero attached hydrogens (tertiary/aromatic N) is 3. The molecule has 2 fully saturated rings. The quantitative estimate of drug-likeness (QED) is 0.830. The summed E-state index contributed by atoms with van der Waals surface area (Å²) < 4.78 is 0. The van der Waals surface area contributed by atoms with E-state index in [1.165, 1.54) is 0 Å². The average Bonchev–Trinajstić information content (AvgIpc) is 2.92. The molecule has 28 heavy (non-hydrogen) atoms. The highest BCUT2D eigenvalue weighted by atomic mass is 16.4. The van der Waals surface area contributed by atoms with Crippen molar-refractivity contribution in [1.82, 2.24) is 9.80 Å². The Labute approximate surface area is 165 Å². The van der Waals surface area contributed by atoms with E-state index in [-0.39, 0.29) is 18.2 Å². The Hall–Kier alpha value is -2.57. The van der Waals surface area contributed by atoms with Gasteiger partial charge >= 0.3 is 5.97 Å². The molecule has 1 aromatic carbocycles. The number of piperidine rings is 1. The Bertz CT molecular complexity index is 751. The van der Waals surface area contributed by atoms with Gasteiger partial charge in [-0.1, -0.05) is 12.1 Å². The molecule has 1 aromatic rings. The third kappa shape index (κ3) is 3.70. The largest absolute Gasteiger partial charge is 0.481 e. The van der Waals surface area contributed by atoms with E-state index in [0.717, 1.165) is 11.3 Å². The molecule has 0 aliphatic carbocycles. The van der Waals surface area contributed by atoms with Crippen LogP contribution in [0.5, 0.6) is 0 Å². The lowest BCUT2D eigenvalue weighted by Gasteiger charge is -2.45. The van der Waals surface area contributed by atoms with Crippen LogP contribution in [-0.2, 0) is 20.8 Å². The molecule has 7 nitrogen and oxygen atoms in total. The lowest BCUT2D eigenvalue weighted by Crippen LogP contribution is -2.57. The smallest absolute Gasteiger partial charge is 0.309 e. The van der Waals surface area contributed by atoms with Gasteiger partial charge in [-0.2, -0.15) is 0 Å². The van der Waals surface area contributed by atoms with Crippen LogP contribution in [0.4, 0.5) is 5.69 Å². The first-order chi connectivity index (χ1) is 13.2. The maximum absolute atomic E-state index is 12.6. The second kappa shape index (κ2) is 7.81. The second-order valence-corrected chi connectivity index (χ2v) is 8.09. The number of carboxylic acids is 1. The van der Waals surface area contributed by atoms with Crippen LogP contribution in [0.2, 0.25) is 0 Å². The monoisotopic (exact) mass is 387 g/mol. The van der Waals surface area contributed by atoms with Gasteiger partial charge in [0.05, 0.1) is 11.5 Å². The fraction of sp³-hybridized carbons (Fsp3) is 0.571. The predicted octanol–water partition coefficient (Wildman–Crippen LogP) is 1.61. The summed E-state index contributed by atoms with van der Waals surface area (Å²) in [6, 6.07) is 8.18. The molecule has 0 bridgehead atoms. The SMILES string of the molecule is CN(C)c1ccc(CCC(=O)N2CCC3(CC2)C(C(=O)O)CC(=O)N3C)cc1. The van der Waals surface area contributed by atoms with Crippen LogP contribution < -0.4 is 4.90 Å². The third-order valence-corrected chi connectivity index (χ3v) is 6.43. The molecule has 2 aliphatic heterocycles. The number of likely N-dealkylation sites (tertiary alicyclic amines) is 2. The van der Waals surface area contributed by atoms with Gasteiger partial charge in [0.15, 0.2) is 0 Å². The highest BCUT2D eigenvalue weighted by Gasteiger charge is 2.55. The number of carbonyl (C=O) groups is 3. The van der Waals surface area contributed by atoms with Crippen LogP contribution in [0.15, 0.2) is 24.3 Å². The molecule has 3 rings (SSSR count). The van der Waals surface area contributed by atoms with Crippen molar-refractivity contribution < 1.29 is 19.5 Å². The first-order valence-electron chi connectivity index (χ1n) is 9.78. The number of benzene rings is 1. The standard InChI is InChI=1S/C21H29N3O4/c1-22(2)16-7-4-15(5-8-16)6-9-18(25)24-12-10-21(11-13-24)17(20(27)28)14-19(26)23(21)3/h4-5,7-8,17H,6,9-14H2,1-3H3,(H,27,28). The zero-order chi connectivity index (χ0) is 20.5. The van der Waals surface area contributed by atoms with E-state index in [1.54, 1.807) is 11.9 Å². The van der Waals surface area contributed by atoms with Crippen LogP contribution in [0, 0.1) is 5.92 Å². The molecule has 1 unspecified atom stereocenters. The Balaban J connectivity index is 1.56. The van der Waals surface area contributed by atoms with Gasteiger partial charge in [0.25, 0.3) is 0 Å². The molecule has 2 heterocycles. The summed E-state index contributed by atoms with van der Waals surface area (Å²) in [7, 11) is 5.68. The molecule has 1 atom stereocenters. The van der Waals surface area contributed by atoms with Crippen molar-refractivity contribution in [3.05, 3.63) is 29.8 Å². The minimum Gasteiger partial charge on any atom is -0.481 e. The van der Waals surface area contributed by atoms with Crippen LogP contribution in [0.25, 0.3) is 0 Å². The van der Waals surface area contributed by atoms with Gasteiger partial charge in [0.2, 0.25) is 11.8 Å². The first-order valence-corrected chi connectivity index (χ1v) is 9.78. The maximum atomic E-state index is 12.6. The van der Waals surface area contributed by atoms with Crippen molar-refractivity contribution >= 4 is 23.5 Å². The average molecular weight is 387 g/mol. The molecule has 1 N–H and O–H groups in total. The van der Waals surface area contributed by atoms with Gasteiger partial charge in [0, 0.05) is 52.8 Å². The molecule has 0 aromatic heterocycles. The van der Waals surface area contributed by atoms with E-state index in [9.17, 15) is 19.5 Å². The molecule has 2 saturated heterocycles. The third-order valence-electron chi connectivity index (χ3n) is 6.43. The van der Waals surface area contributed by atoms with Gasteiger partial charge in [-0.25, -0.2) is 0 Å². The Morgan fingerprint density at radius 3 is 2.32 bits per heavy atom. The van der Waals surface area contributed by atoms with Gasteiger partial charge in [0.1, 0.15) is 0 Å². The van der Waals surface area contributed by atoms with E-state index < -0.39 is 17.4 Å². The summed E-state index contributed by atoms with van der Waals surface area (Å²) in [4.78, 5) is 41.8. The van der Waals surface area contributed by atoms with Crippen molar-refractivity contribution in [2.24, 2.45) is 5.92 Å². The van der Waals surface area contributed by atoms with Crippen LogP contribution in [-0.4, -0.2) is 72.5 Å². The van der Waals surface area contributed by atoms with Gasteiger partial charge in [-0.3, -0.25) is 14.4 Å². The number of aryl methyl sites for hydroxylation is 1. The van der Waals surface area contributed by atoms with Crippen molar-refractivity contribution in [2.45, 2.75) is 37.6 Å². The molecule has 7 heteroatoms. The first kappa shape index (κ1) is 20.2. The van der Waals surface area contributed by atoms with Crippen LogP contribution in [0.1, 0.15) is 31.2 Å². The number of hydrogen-bond acceptors (Lipinski definition) is 4. The summed E-state index contributed by atoms with van der Waals surface area (Å²) in [6.07, 6.45) is 2.23. The molecule has 0 saturated carbocycles. The van der Waals surface area contributed by atoms with Gasteiger partial charge in [-0.05, 0) is 37.0 Å². The molecule has 2 aliphatic rings. The van der Waals surface area contributed by atoms with E-state index in [4.69, 9.17) is 0 Å². The Morgan fingerprint density at radius 1 is 1.18 bits per heavy atom. The number of aliphatic carboxylic acids is 1. The summed E-state index contributed by atoms with van der Waals surface area (Å²) in [5.41, 5.74) is 1.60. The lowest BCUT2D eigenvalue weighted by atomic mass is 9.77. The van der Waals surface area contributed by atoms with Crippen molar-refractivity contribution in [3.8, 4) is 0 Å². The summed E-state index contributed by atoms with van der Waals surface area (Å²) in [6.45, 7) is 1.000. The highest BCUT2D eigenvalue weighted by molar-refractivity contribution is 5.88. The van der Waals surface area contributed by atoms with E-state index in [2.05, 4.69) is 0 Å². The molecule has 152 valence electrons. The molecule has 2 amide bonds. The van der Waals surface area contributed by atoms with Gasteiger partial charge < -0.3 is 19.8 Å². The highest BCUT2D eigenvalue weighted by Crippen LogP contribution is 2.42. The summed E-state index contributed by atoms with van der Waals surface area (Å²) >= 11 is 0. The Morgan fingerprint density at radius 2 is 1.79 bits per heavy atom. The zero-order valence-electron chi connectivity index (χ0n) is 16.9. The van der Waals surface area contributed by atoms with Crippen molar-refractivity contribution in [3.63, 3.8) is 0 Å². The van der Waals surface area contributed by atoms with E-state index in [0.29, 0.717) is 38.8 Å². The number of anilines is 1. The number of carboxylic acid groups (broad SMARTS) is 1. The van der Waals surface area contributed by atoms with Crippen molar-refractivity contribution in [2.75, 3.05) is 39.1 Å². The molecule has 1 spiro atoms. The van der Waals surface area contributed by atoms with E-state index in [1.807, 2.05) is 48.2 Å². The summed E-state index contributed by atoms with van der Waals surface area (Å²) in [5.74, 6) is -1.63. The van der Waals surface area contributed by atoms with Gasteiger partial charge in [-0.15, -0.1) is 0 Å². The second-order valence-electron chi connectivity index (χ2n) is 8.09. The fourth-order valence-electron chi connectivity index (χ4n) is 4.50. The predicted molar refractivity (Wildman–Crippen MR) is 106 cm³/mol. The Kier molecular flexibility index (Phi) is 5.63. The lowest BCUT2D eigenvalue weighted by molar-refractivity contribution is -0.147. The van der Waals surface area contributed by atoms with Crippen molar-refractivity contribution in [1.29, 1.82) is 0 Å². The molecular formula is C21H29N3O4. The fourth-order valence-corrected chi connectivity index (χ4v) is 4.50. The van der Waals surface area contributed by atoms with Crippen LogP contribution in [0.3, 0.4) is 0 Å². The minimum atomic E-state index is -0.918. The number of carbonyl (C=O) groups excluding carboxylic acids is 2. The minimum absolute atomic E-state index is 0.0583. The maximum Gasteiger partial charge on any atom is 0.309 e. The summed E-state index contributed by atoms with van der Waals surface area (Å²) in [5, 5.41) is 9.54.